The number of carbonyl (C=O) groups is 1. The highest BCUT2D eigenvalue weighted by molar-refractivity contribution is 5.73. The standard InChI is InChI=1S/C12H24O3/c1-5-6-7-8-9-10(2)15-11(3)12(13)14-4/h10-11H,5-9H2,1-4H3/t10?,11-/m0/s1. The maximum absolute atomic E-state index is 11.1. The molecule has 0 bridgehead atoms. The van der Waals surface area contributed by atoms with Crippen LogP contribution in [-0.2, 0) is 14.3 Å². The van der Waals surface area contributed by atoms with E-state index in [1.165, 1.54) is 32.8 Å². The predicted octanol–water partition coefficient (Wildman–Crippen LogP) is 2.92. The molecule has 0 saturated heterocycles. The number of esters is 1. The van der Waals surface area contributed by atoms with Crippen LogP contribution in [0.1, 0.15) is 52.9 Å². The van der Waals surface area contributed by atoms with Crippen LogP contribution in [0, 0.1) is 0 Å². The highest BCUT2D eigenvalue weighted by atomic mass is 16.6. The molecular weight excluding hydrogens is 192 g/mol. The van der Waals surface area contributed by atoms with Gasteiger partial charge in [-0.1, -0.05) is 32.6 Å². The van der Waals surface area contributed by atoms with Crippen LogP contribution in [0.25, 0.3) is 0 Å². The van der Waals surface area contributed by atoms with Gasteiger partial charge in [-0.15, -0.1) is 0 Å². The SMILES string of the molecule is CCCCCCC(C)O[C@@H](C)C(=O)OC. The summed E-state index contributed by atoms with van der Waals surface area (Å²) in [5.41, 5.74) is 0. The van der Waals surface area contributed by atoms with Crippen LogP contribution in [0.5, 0.6) is 0 Å². The van der Waals surface area contributed by atoms with Gasteiger partial charge >= 0.3 is 5.97 Å². The first-order chi connectivity index (χ1) is 7.11. The Bertz CT molecular complexity index is 168. The van der Waals surface area contributed by atoms with Gasteiger partial charge in [0.05, 0.1) is 13.2 Å². The third-order valence-electron chi connectivity index (χ3n) is 2.43. The fourth-order valence-corrected chi connectivity index (χ4v) is 1.50. The number of unbranched alkanes of at least 4 members (excludes halogenated alkanes) is 3. The van der Waals surface area contributed by atoms with Gasteiger partial charge in [0.1, 0.15) is 0 Å². The molecule has 0 aliphatic rings. The molecule has 0 radical (unpaired) electrons. The van der Waals surface area contributed by atoms with Crippen LogP contribution in [0.2, 0.25) is 0 Å². The fraction of sp³-hybridized carbons (Fsp3) is 0.917. The molecule has 1 unspecified atom stereocenters. The summed E-state index contributed by atoms with van der Waals surface area (Å²) in [4.78, 5) is 11.1. The normalized spacial score (nSPS) is 14.7. The molecule has 0 N–H and O–H groups in total. The van der Waals surface area contributed by atoms with Crippen molar-refractivity contribution in [2.45, 2.75) is 65.1 Å². The molecular formula is C12H24O3. The Balaban J connectivity index is 3.55. The predicted molar refractivity (Wildman–Crippen MR) is 60.8 cm³/mol. The largest absolute Gasteiger partial charge is 0.467 e. The Kier molecular flexibility index (Phi) is 8.38. The summed E-state index contributed by atoms with van der Waals surface area (Å²) in [6, 6.07) is 0. The highest BCUT2D eigenvalue weighted by Crippen LogP contribution is 2.10. The smallest absolute Gasteiger partial charge is 0.334 e. The Morgan fingerprint density at radius 3 is 2.40 bits per heavy atom. The molecule has 0 aromatic rings. The van der Waals surface area contributed by atoms with Gasteiger partial charge in [0.25, 0.3) is 0 Å². The van der Waals surface area contributed by atoms with Crippen molar-refractivity contribution in [3.63, 3.8) is 0 Å². The summed E-state index contributed by atoms with van der Waals surface area (Å²) < 4.78 is 10.1. The van der Waals surface area contributed by atoms with Crippen molar-refractivity contribution in [2.75, 3.05) is 7.11 Å². The van der Waals surface area contributed by atoms with E-state index >= 15 is 0 Å². The van der Waals surface area contributed by atoms with Gasteiger partial charge in [0.15, 0.2) is 6.10 Å². The molecule has 3 nitrogen and oxygen atoms in total. The number of ether oxygens (including phenoxy) is 2. The van der Waals surface area contributed by atoms with E-state index in [2.05, 4.69) is 11.7 Å². The monoisotopic (exact) mass is 216 g/mol. The van der Waals surface area contributed by atoms with Gasteiger partial charge in [-0.05, 0) is 20.3 Å². The molecule has 0 heterocycles. The number of hydrogen-bond acceptors (Lipinski definition) is 3. The van der Waals surface area contributed by atoms with Crippen LogP contribution in [0.3, 0.4) is 0 Å². The van der Waals surface area contributed by atoms with Gasteiger partial charge in [-0.3, -0.25) is 0 Å². The zero-order valence-electron chi connectivity index (χ0n) is 10.4. The van der Waals surface area contributed by atoms with Gasteiger partial charge in [0, 0.05) is 0 Å². The molecule has 2 atom stereocenters. The van der Waals surface area contributed by atoms with Gasteiger partial charge < -0.3 is 9.47 Å². The van der Waals surface area contributed by atoms with Crippen molar-refractivity contribution in [3.8, 4) is 0 Å². The van der Waals surface area contributed by atoms with E-state index < -0.39 is 6.10 Å². The highest BCUT2D eigenvalue weighted by Gasteiger charge is 2.16. The molecule has 0 aliphatic heterocycles. The van der Waals surface area contributed by atoms with E-state index in [1.807, 2.05) is 6.92 Å². The van der Waals surface area contributed by atoms with E-state index in [-0.39, 0.29) is 12.1 Å². The summed E-state index contributed by atoms with van der Waals surface area (Å²) in [5, 5.41) is 0. The number of rotatable bonds is 8. The Hall–Kier alpha value is -0.570. The van der Waals surface area contributed by atoms with Gasteiger partial charge in [-0.2, -0.15) is 0 Å². The van der Waals surface area contributed by atoms with Gasteiger partial charge in [-0.25, -0.2) is 4.79 Å². The van der Waals surface area contributed by atoms with E-state index in [0.29, 0.717) is 0 Å². The maximum atomic E-state index is 11.1. The minimum atomic E-state index is -0.448. The lowest BCUT2D eigenvalue weighted by Crippen LogP contribution is -2.26. The van der Waals surface area contributed by atoms with Gasteiger partial charge in [0.2, 0.25) is 0 Å². The first kappa shape index (κ1) is 14.4. The van der Waals surface area contributed by atoms with Crippen LogP contribution in [0.4, 0.5) is 0 Å². The molecule has 0 aromatic carbocycles. The van der Waals surface area contributed by atoms with Crippen molar-refractivity contribution in [2.24, 2.45) is 0 Å². The van der Waals surface area contributed by atoms with Crippen LogP contribution in [0.15, 0.2) is 0 Å². The molecule has 15 heavy (non-hydrogen) atoms. The van der Waals surface area contributed by atoms with Crippen molar-refractivity contribution in [3.05, 3.63) is 0 Å². The summed E-state index contributed by atoms with van der Waals surface area (Å²) in [6.45, 7) is 5.93. The second kappa shape index (κ2) is 8.72. The summed E-state index contributed by atoms with van der Waals surface area (Å²) in [6.07, 6.45) is 5.64. The third-order valence-corrected chi connectivity index (χ3v) is 2.43. The lowest BCUT2D eigenvalue weighted by Gasteiger charge is -2.17. The van der Waals surface area contributed by atoms with Crippen molar-refractivity contribution in [1.82, 2.24) is 0 Å². The van der Waals surface area contributed by atoms with E-state index in [4.69, 9.17) is 4.74 Å². The van der Waals surface area contributed by atoms with Crippen molar-refractivity contribution < 1.29 is 14.3 Å². The maximum Gasteiger partial charge on any atom is 0.334 e. The quantitative estimate of drug-likeness (QED) is 0.462. The summed E-state index contributed by atoms with van der Waals surface area (Å²) in [5.74, 6) is -0.296. The molecule has 3 heteroatoms. The van der Waals surface area contributed by atoms with E-state index in [0.717, 1.165) is 6.42 Å². The minimum Gasteiger partial charge on any atom is -0.467 e. The molecule has 0 saturated carbocycles. The molecule has 0 aromatic heterocycles. The molecule has 0 fully saturated rings. The Morgan fingerprint density at radius 2 is 1.87 bits per heavy atom. The number of methoxy groups -OCH3 is 1. The van der Waals surface area contributed by atoms with Crippen molar-refractivity contribution in [1.29, 1.82) is 0 Å². The fourth-order valence-electron chi connectivity index (χ4n) is 1.50. The summed E-state index contributed by atoms with van der Waals surface area (Å²) >= 11 is 0. The lowest BCUT2D eigenvalue weighted by atomic mass is 10.1. The second-order valence-corrected chi connectivity index (χ2v) is 3.96. The Labute approximate surface area is 93.1 Å². The molecule has 90 valence electrons. The minimum absolute atomic E-state index is 0.135. The first-order valence-corrected chi connectivity index (χ1v) is 5.85. The topological polar surface area (TPSA) is 35.5 Å². The lowest BCUT2D eigenvalue weighted by molar-refractivity contribution is -0.156. The molecule has 0 aliphatic carbocycles. The third kappa shape index (κ3) is 7.37. The number of carbonyl (C=O) groups excluding carboxylic acids is 1. The van der Waals surface area contributed by atoms with Crippen LogP contribution < -0.4 is 0 Å². The average molecular weight is 216 g/mol. The van der Waals surface area contributed by atoms with E-state index in [1.54, 1.807) is 6.92 Å². The van der Waals surface area contributed by atoms with E-state index in [9.17, 15) is 4.79 Å². The first-order valence-electron chi connectivity index (χ1n) is 5.85. The average Bonchev–Trinajstić information content (AvgIpc) is 2.23. The molecule has 0 spiro atoms. The van der Waals surface area contributed by atoms with Crippen LogP contribution in [-0.4, -0.2) is 25.3 Å². The summed E-state index contributed by atoms with van der Waals surface area (Å²) in [7, 11) is 1.38. The van der Waals surface area contributed by atoms with Crippen LogP contribution >= 0.6 is 0 Å². The van der Waals surface area contributed by atoms with Crippen molar-refractivity contribution >= 4 is 5.97 Å². The molecule has 0 rings (SSSR count). The Morgan fingerprint density at radius 1 is 1.20 bits per heavy atom. The number of hydrogen-bond donors (Lipinski definition) is 0. The zero-order valence-corrected chi connectivity index (χ0v) is 10.4. The molecule has 0 amide bonds. The zero-order chi connectivity index (χ0) is 11.7. The second-order valence-electron chi connectivity index (χ2n) is 3.96.